The van der Waals surface area contributed by atoms with Crippen LogP contribution in [0.2, 0.25) is 0 Å². The SMILES string of the molecule is CC(C)N(CCC#N)S(=O)(=O)c1ccnn1C. The predicted molar refractivity (Wildman–Crippen MR) is 62.5 cm³/mol. The minimum atomic E-state index is -3.58. The molecule has 0 saturated heterocycles. The second-order valence-electron chi connectivity index (χ2n) is 3.91. The maximum Gasteiger partial charge on any atom is 0.260 e. The van der Waals surface area contributed by atoms with Crippen LogP contribution in [-0.4, -0.2) is 35.1 Å². The van der Waals surface area contributed by atoms with Gasteiger partial charge in [-0.3, -0.25) is 4.68 Å². The first-order chi connectivity index (χ1) is 7.91. The van der Waals surface area contributed by atoms with Gasteiger partial charge in [0, 0.05) is 26.1 Å². The molecule has 1 heterocycles. The Balaban J connectivity index is 3.10. The fraction of sp³-hybridized carbons (Fsp3) is 0.600. The third-order valence-electron chi connectivity index (χ3n) is 2.37. The molecule has 0 atom stereocenters. The summed E-state index contributed by atoms with van der Waals surface area (Å²) < 4.78 is 27.3. The van der Waals surface area contributed by atoms with Gasteiger partial charge >= 0.3 is 0 Å². The molecule has 94 valence electrons. The monoisotopic (exact) mass is 256 g/mol. The lowest BCUT2D eigenvalue weighted by atomic mass is 10.3. The number of nitrogens with zero attached hydrogens (tertiary/aromatic N) is 4. The lowest BCUT2D eigenvalue weighted by Crippen LogP contribution is -2.38. The van der Waals surface area contributed by atoms with Crippen molar-refractivity contribution in [2.24, 2.45) is 7.05 Å². The fourth-order valence-corrected chi connectivity index (χ4v) is 3.29. The first-order valence-electron chi connectivity index (χ1n) is 5.28. The van der Waals surface area contributed by atoms with E-state index in [1.807, 2.05) is 6.07 Å². The zero-order valence-corrected chi connectivity index (χ0v) is 11.0. The Hall–Kier alpha value is -1.39. The molecule has 1 rings (SSSR count). The van der Waals surface area contributed by atoms with Gasteiger partial charge in [0.15, 0.2) is 5.03 Å². The summed E-state index contributed by atoms with van der Waals surface area (Å²) in [6, 6.07) is 3.22. The highest BCUT2D eigenvalue weighted by Gasteiger charge is 2.28. The number of hydrogen-bond donors (Lipinski definition) is 0. The van der Waals surface area contributed by atoms with Gasteiger partial charge in [0.25, 0.3) is 10.0 Å². The van der Waals surface area contributed by atoms with Crippen LogP contribution in [0.25, 0.3) is 0 Å². The number of nitriles is 1. The molecule has 1 aromatic rings. The van der Waals surface area contributed by atoms with E-state index < -0.39 is 10.0 Å². The zero-order valence-electron chi connectivity index (χ0n) is 10.2. The molecule has 17 heavy (non-hydrogen) atoms. The van der Waals surface area contributed by atoms with Gasteiger partial charge in [-0.05, 0) is 19.9 Å². The molecule has 0 aromatic carbocycles. The van der Waals surface area contributed by atoms with Crippen LogP contribution in [0.5, 0.6) is 0 Å². The molecule has 0 bridgehead atoms. The molecule has 0 unspecified atom stereocenters. The van der Waals surface area contributed by atoms with Gasteiger partial charge in [0.1, 0.15) is 0 Å². The van der Waals surface area contributed by atoms with Gasteiger partial charge in [-0.15, -0.1) is 0 Å². The van der Waals surface area contributed by atoms with Gasteiger partial charge < -0.3 is 0 Å². The molecule has 1 aromatic heterocycles. The lowest BCUT2D eigenvalue weighted by Gasteiger charge is -2.24. The van der Waals surface area contributed by atoms with Crippen LogP contribution in [-0.2, 0) is 17.1 Å². The Labute approximate surface area is 102 Å². The Morgan fingerprint density at radius 1 is 1.59 bits per heavy atom. The van der Waals surface area contributed by atoms with Crippen molar-refractivity contribution in [3.63, 3.8) is 0 Å². The summed E-state index contributed by atoms with van der Waals surface area (Å²) in [6.07, 6.45) is 1.62. The molecule has 7 heteroatoms. The van der Waals surface area contributed by atoms with Crippen LogP contribution >= 0.6 is 0 Å². The number of sulfonamides is 1. The Morgan fingerprint density at radius 2 is 2.24 bits per heavy atom. The van der Waals surface area contributed by atoms with Crippen molar-refractivity contribution in [1.29, 1.82) is 5.26 Å². The lowest BCUT2D eigenvalue weighted by molar-refractivity contribution is 0.356. The summed E-state index contributed by atoms with van der Waals surface area (Å²) in [5, 5.41) is 12.6. The number of hydrogen-bond acceptors (Lipinski definition) is 4. The summed E-state index contributed by atoms with van der Waals surface area (Å²) in [6.45, 7) is 3.76. The van der Waals surface area contributed by atoms with Crippen LogP contribution in [0.15, 0.2) is 17.3 Å². The number of aromatic nitrogens is 2. The highest BCUT2D eigenvalue weighted by molar-refractivity contribution is 7.89. The molecule has 0 aliphatic carbocycles. The largest absolute Gasteiger partial charge is 0.260 e. The van der Waals surface area contributed by atoms with E-state index >= 15 is 0 Å². The van der Waals surface area contributed by atoms with E-state index in [0.717, 1.165) is 0 Å². The Bertz CT molecular complexity index is 513. The molecule has 6 nitrogen and oxygen atoms in total. The smallest absolute Gasteiger partial charge is 0.256 e. The molecule has 0 N–H and O–H groups in total. The van der Waals surface area contributed by atoms with Crippen LogP contribution < -0.4 is 0 Å². The van der Waals surface area contributed by atoms with Gasteiger partial charge in [0.05, 0.1) is 12.3 Å². The maximum absolute atomic E-state index is 12.3. The van der Waals surface area contributed by atoms with E-state index in [1.165, 1.54) is 21.3 Å². The Kier molecular flexibility index (Phi) is 4.26. The normalized spacial score (nSPS) is 12.0. The summed E-state index contributed by atoms with van der Waals surface area (Å²) in [5.74, 6) is 0. The van der Waals surface area contributed by atoms with Crippen molar-refractivity contribution in [2.45, 2.75) is 31.3 Å². The second-order valence-corrected chi connectivity index (χ2v) is 5.75. The second kappa shape index (κ2) is 5.29. The van der Waals surface area contributed by atoms with E-state index in [4.69, 9.17) is 5.26 Å². The molecule has 0 radical (unpaired) electrons. The molecule has 0 fully saturated rings. The first kappa shape index (κ1) is 13.7. The van der Waals surface area contributed by atoms with Crippen molar-refractivity contribution in [1.82, 2.24) is 14.1 Å². The van der Waals surface area contributed by atoms with Crippen molar-refractivity contribution >= 4 is 10.0 Å². The minimum absolute atomic E-state index is 0.143. The van der Waals surface area contributed by atoms with E-state index in [2.05, 4.69) is 5.10 Å². The number of aryl methyl sites for hydroxylation is 1. The third-order valence-corrected chi connectivity index (χ3v) is 4.52. The zero-order chi connectivity index (χ0) is 13.1. The molecule has 0 aliphatic heterocycles. The molecule has 0 aliphatic rings. The van der Waals surface area contributed by atoms with Crippen molar-refractivity contribution in [3.8, 4) is 6.07 Å². The van der Waals surface area contributed by atoms with E-state index in [9.17, 15) is 8.42 Å². The molecular formula is C10H16N4O2S. The van der Waals surface area contributed by atoms with E-state index in [-0.39, 0.29) is 24.0 Å². The molecule has 0 amide bonds. The summed E-state index contributed by atoms with van der Waals surface area (Å²) in [5.41, 5.74) is 0. The molecule has 0 saturated carbocycles. The first-order valence-corrected chi connectivity index (χ1v) is 6.72. The Morgan fingerprint density at radius 3 is 2.65 bits per heavy atom. The van der Waals surface area contributed by atoms with E-state index in [0.29, 0.717) is 0 Å². The summed E-state index contributed by atoms with van der Waals surface area (Å²) in [4.78, 5) is 0. The topological polar surface area (TPSA) is 79.0 Å². The van der Waals surface area contributed by atoms with Crippen LogP contribution in [0, 0.1) is 11.3 Å². The highest BCUT2D eigenvalue weighted by Crippen LogP contribution is 2.17. The average molecular weight is 256 g/mol. The quantitative estimate of drug-likeness (QED) is 0.778. The molecular weight excluding hydrogens is 240 g/mol. The van der Waals surface area contributed by atoms with Crippen LogP contribution in [0.3, 0.4) is 0 Å². The number of rotatable bonds is 5. The van der Waals surface area contributed by atoms with Crippen LogP contribution in [0.1, 0.15) is 20.3 Å². The predicted octanol–water partition coefficient (Wildman–Crippen LogP) is 0.733. The van der Waals surface area contributed by atoms with E-state index in [1.54, 1.807) is 20.9 Å². The highest BCUT2D eigenvalue weighted by atomic mass is 32.2. The van der Waals surface area contributed by atoms with Gasteiger partial charge in [0.2, 0.25) is 0 Å². The van der Waals surface area contributed by atoms with Crippen molar-refractivity contribution in [2.75, 3.05) is 6.54 Å². The van der Waals surface area contributed by atoms with Gasteiger partial charge in [-0.1, -0.05) is 0 Å². The minimum Gasteiger partial charge on any atom is -0.256 e. The molecule has 0 spiro atoms. The summed E-state index contributed by atoms with van der Waals surface area (Å²) >= 11 is 0. The fourth-order valence-electron chi connectivity index (χ4n) is 1.55. The summed E-state index contributed by atoms with van der Waals surface area (Å²) in [7, 11) is -2.00. The average Bonchev–Trinajstić information content (AvgIpc) is 2.64. The standard InChI is InChI=1S/C10H16N4O2S/c1-9(2)14(8-4-6-11)17(15,16)10-5-7-12-13(10)3/h5,7,9H,4,8H2,1-3H3. The van der Waals surface area contributed by atoms with Gasteiger partial charge in [-0.2, -0.15) is 14.7 Å². The third kappa shape index (κ3) is 2.84. The van der Waals surface area contributed by atoms with Crippen molar-refractivity contribution in [3.05, 3.63) is 12.3 Å². The van der Waals surface area contributed by atoms with Crippen LogP contribution in [0.4, 0.5) is 0 Å². The maximum atomic E-state index is 12.3. The van der Waals surface area contributed by atoms with Gasteiger partial charge in [-0.25, -0.2) is 8.42 Å². The van der Waals surface area contributed by atoms with Crippen molar-refractivity contribution < 1.29 is 8.42 Å².